The molecule has 0 N–H and O–H groups in total. The van der Waals surface area contributed by atoms with Crippen molar-refractivity contribution in [3.8, 4) is 0 Å². The molecule has 2 fully saturated rings. The van der Waals surface area contributed by atoms with Gasteiger partial charge in [-0.2, -0.15) is 0 Å². The second-order valence-corrected chi connectivity index (χ2v) is 7.58. The van der Waals surface area contributed by atoms with Gasteiger partial charge in [-0.15, -0.1) is 0 Å². The Morgan fingerprint density at radius 1 is 0.875 bits per heavy atom. The standard InChI is InChI=1S/C20H28N2O2/c1-15-6-4-10-21(13-15)19(23)17-8-3-9-18(12-17)20(24)22-11-5-7-16(2)14-22/h3,8-9,12,15-16H,4-7,10-11,13-14H2,1-2H3/t15-,16+. The van der Waals surface area contributed by atoms with Crippen molar-refractivity contribution < 1.29 is 9.59 Å². The van der Waals surface area contributed by atoms with Crippen LogP contribution in [0.3, 0.4) is 0 Å². The highest BCUT2D eigenvalue weighted by molar-refractivity contribution is 5.99. The van der Waals surface area contributed by atoms with E-state index in [0.29, 0.717) is 23.0 Å². The normalized spacial score (nSPS) is 24.8. The van der Waals surface area contributed by atoms with E-state index in [-0.39, 0.29) is 11.8 Å². The van der Waals surface area contributed by atoms with E-state index in [4.69, 9.17) is 0 Å². The molecule has 2 heterocycles. The van der Waals surface area contributed by atoms with E-state index in [9.17, 15) is 9.59 Å². The zero-order valence-corrected chi connectivity index (χ0v) is 14.8. The zero-order valence-electron chi connectivity index (χ0n) is 14.8. The molecule has 2 saturated heterocycles. The lowest BCUT2D eigenvalue weighted by molar-refractivity contribution is 0.0680. The van der Waals surface area contributed by atoms with E-state index in [0.717, 1.165) is 39.0 Å². The Labute approximate surface area is 144 Å². The van der Waals surface area contributed by atoms with Gasteiger partial charge < -0.3 is 9.80 Å². The fraction of sp³-hybridized carbons (Fsp3) is 0.600. The van der Waals surface area contributed by atoms with Crippen LogP contribution < -0.4 is 0 Å². The average Bonchev–Trinajstić information content (AvgIpc) is 2.60. The van der Waals surface area contributed by atoms with Crippen LogP contribution in [0.15, 0.2) is 24.3 Å². The van der Waals surface area contributed by atoms with Gasteiger partial charge in [0.1, 0.15) is 0 Å². The summed E-state index contributed by atoms with van der Waals surface area (Å²) in [5, 5.41) is 0. The van der Waals surface area contributed by atoms with Gasteiger partial charge in [-0.05, 0) is 55.7 Å². The van der Waals surface area contributed by atoms with Gasteiger partial charge in [-0.1, -0.05) is 19.9 Å². The molecule has 0 radical (unpaired) electrons. The van der Waals surface area contributed by atoms with Crippen molar-refractivity contribution in [1.29, 1.82) is 0 Å². The lowest BCUT2D eigenvalue weighted by Gasteiger charge is -2.32. The van der Waals surface area contributed by atoms with Gasteiger partial charge in [-0.25, -0.2) is 0 Å². The first kappa shape index (κ1) is 17.0. The number of benzene rings is 1. The third-order valence-corrected chi connectivity index (χ3v) is 5.24. The van der Waals surface area contributed by atoms with E-state index in [1.807, 2.05) is 28.0 Å². The van der Waals surface area contributed by atoms with Gasteiger partial charge in [0.2, 0.25) is 0 Å². The molecular formula is C20H28N2O2. The SMILES string of the molecule is C[C@@H]1CCCN(C(=O)c2cccc(C(=O)N3CCC[C@H](C)C3)c2)C1. The predicted molar refractivity (Wildman–Crippen MR) is 95.0 cm³/mol. The molecule has 0 spiro atoms. The van der Waals surface area contributed by atoms with Crippen LogP contribution in [-0.2, 0) is 0 Å². The maximum atomic E-state index is 12.7. The van der Waals surface area contributed by atoms with Gasteiger partial charge in [-0.3, -0.25) is 9.59 Å². The summed E-state index contributed by atoms with van der Waals surface area (Å²) in [5.74, 6) is 1.23. The lowest BCUT2D eigenvalue weighted by atomic mass is 9.98. The Kier molecular flexibility index (Phi) is 5.22. The van der Waals surface area contributed by atoms with Crippen LogP contribution in [0.2, 0.25) is 0 Å². The van der Waals surface area contributed by atoms with Gasteiger partial charge >= 0.3 is 0 Å². The molecule has 0 bridgehead atoms. The predicted octanol–water partition coefficient (Wildman–Crippen LogP) is 3.43. The molecule has 3 rings (SSSR count). The van der Waals surface area contributed by atoms with Crippen LogP contribution in [-0.4, -0.2) is 47.8 Å². The van der Waals surface area contributed by atoms with E-state index in [1.165, 1.54) is 12.8 Å². The van der Waals surface area contributed by atoms with Crippen molar-refractivity contribution >= 4 is 11.8 Å². The van der Waals surface area contributed by atoms with Crippen molar-refractivity contribution in [2.75, 3.05) is 26.2 Å². The molecule has 2 aliphatic rings. The number of likely N-dealkylation sites (tertiary alicyclic amines) is 2. The minimum atomic E-state index is 0.0585. The van der Waals surface area contributed by atoms with Crippen LogP contribution in [0.5, 0.6) is 0 Å². The first-order chi connectivity index (χ1) is 11.5. The number of hydrogen-bond acceptors (Lipinski definition) is 2. The highest BCUT2D eigenvalue weighted by Gasteiger charge is 2.25. The largest absolute Gasteiger partial charge is 0.338 e. The van der Waals surface area contributed by atoms with Crippen LogP contribution in [0, 0.1) is 11.8 Å². The smallest absolute Gasteiger partial charge is 0.253 e. The Bertz CT molecular complexity index is 564. The van der Waals surface area contributed by atoms with Crippen molar-refractivity contribution in [3.63, 3.8) is 0 Å². The molecule has 0 saturated carbocycles. The summed E-state index contributed by atoms with van der Waals surface area (Å²) in [6, 6.07) is 7.28. The monoisotopic (exact) mass is 328 g/mol. The molecule has 2 amide bonds. The van der Waals surface area contributed by atoms with Gasteiger partial charge in [0, 0.05) is 37.3 Å². The third-order valence-electron chi connectivity index (χ3n) is 5.24. The topological polar surface area (TPSA) is 40.6 Å². The van der Waals surface area contributed by atoms with Crippen LogP contribution in [0.1, 0.15) is 60.2 Å². The number of amides is 2. The Balaban J connectivity index is 1.73. The first-order valence-corrected chi connectivity index (χ1v) is 9.23. The highest BCUT2D eigenvalue weighted by atomic mass is 16.2. The second-order valence-electron chi connectivity index (χ2n) is 7.58. The van der Waals surface area contributed by atoms with E-state index in [1.54, 1.807) is 6.07 Å². The quantitative estimate of drug-likeness (QED) is 0.834. The maximum Gasteiger partial charge on any atom is 0.253 e. The van der Waals surface area contributed by atoms with E-state index >= 15 is 0 Å². The molecule has 0 aliphatic carbocycles. The summed E-state index contributed by atoms with van der Waals surface area (Å²) in [4.78, 5) is 29.4. The van der Waals surface area contributed by atoms with Crippen molar-refractivity contribution in [3.05, 3.63) is 35.4 Å². The lowest BCUT2D eigenvalue weighted by Crippen LogP contribution is -2.40. The summed E-state index contributed by atoms with van der Waals surface area (Å²) in [6.07, 6.45) is 4.51. The molecule has 130 valence electrons. The van der Waals surface area contributed by atoms with Crippen LogP contribution in [0.25, 0.3) is 0 Å². The minimum Gasteiger partial charge on any atom is -0.338 e. The third kappa shape index (κ3) is 3.80. The second kappa shape index (κ2) is 7.37. The fourth-order valence-corrected chi connectivity index (χ4v) is 3.90. The van der Waals surface area contributed by atoms with Gasteiger partial charge in [0.25, 0.3) is 11.8 Å². The summed E-state index contributed by atoms with van der Waals surface area (Å²) in [7, 11) is 0. The summed E-state index contributed by atoms with van der Waals surface area (Å²) in [5.41, 5.74) is 1.28. The zero-order chi connectivity index (χ0) is 17.1. The highest BCUT2D eigenvalue weighted by Crippen LogP contribution is 2.21. The molecule has 4 nitrogen and oxygen atoms in total. The molecule has 0 aromatic heterocycles. The molecule has 24 heavy (non-hydrogen) atoms. The molecular weight excluding hydrogens is 300 g/mol. The summed E-state index contributed by atoms with van der Waals surface area (Å²) < 4.78 is 0. The van der Waals surface area contributed by atoms with Crippen molar-refractivity contribution in [2.24, 2.45) is 11.8 Å². The minimum absolute atomic E-state index is 0.0585. The number of rotatable bonds is 2. The number of piperidine rings is 2. The molecule has 4 heteroatoms. The Morgan fingerprint density at radius 2 is 1.33 bits per heavy atom. The number of carbonyl (C=O) groups excluding carboxylic acids is 2. The maximum absolute atomic E-state index is 12.7. The Morgan fingerprint density at radius 3 is 1.75 bits per heavy atom. The van der Waals surface area contributed by atoms with E-state index in [2.05, 4.69) is 13.8 Å². The molecule has 0 unspecified atom stereocenters. The Hall–Kier alpha value is -1.84. The van der Waals surface area contributed by atoms with Crippen molar-refractivity contribution in [1.82, 2.24) is 9.80 Å². The average molecular weight is 328 g/mol. The number of nitrogens with zero attached hydrogens (tertiary/aromatic N) is 2. The van der Waals surface area contributed by atoms with Gasteiger partial charge in [0.05, 0.1) is 0 Å². The summed E-state index contributed by atoms with van der Waals surface area (Å²) >= 11 is 0. The van der Waals surface area contributed by atoms with Gasteiger partial charge in [0.15, 0.2) is 0 Å². The molecule has 1 aromatic rings. The van der Waals surface area contributed by atoms with Crippen LogP contribution >= 0.6 is 0 Å². The number of carbonyl (C=O) groups is 2. The molecule has 2 atom stereocenters. The summed E-state index contributed by atoms with van der Waals surface area (Å²) in [6.45, 7) is 7.67. The fourth-order valence-electron chi connectivity index (χ4n) is 3.90. The van der Waals surface area contributed by atoms with E-state index < -0.39 is 0 Å². The van der Waals surface area contributed by atoms with Crippen LogP contribution in [0.4, 0.5) is 0 Å². The first-order valence-electron chi connectivity index (χ1n) is 9.23. The molecule has 1 aromatic carbocycles. The number of hydrogen-bond donors (Lipinski definition) is 0. The molecule has 2 aliphatic heterocycles. The van der Waals surface area contributed by atoms with Crippen molar-refractivity contribution in [2.45, 2.75) is 39.5 Å².